The van der Waals surface area contributed by atoms with Gasteiger partial charge in [0.15, 0.2) is 0 Å². The van der Waals surface area contributed by atoms with E-state index in [2.05, 4.69) is 33.9 Å². The molecule has 1 aliphatic heterocycles. The minimum absolute atomic E-state index is 0.127. The topological polar surface area (TPSA) is 40.5 Å². The number of thiophene rings is 2. The summed E-state index contributed by atoms with van der Waals surface area (Å²) in [7, 11) is 0. The van der Waals surface area contributed by atoms with Gasteiger partial charge >= 0.3 is 5.97 Å². The van der Waals surface area contributed by atoms with E-state index in [4.69, 9.17) is 0 Å². The Kier molecular flexibility index (Phi) is 6.18. The molecule has 0 fully saturated rings. The lowest BCUT2D eigenvalue weighted by molar-refractivity contribution is -0.133. The van der Waals surface area contributed by atoms with Gasteiger partial charge < -0.3 is 10.0 Å². The summed E-state index contributed by atoms with van der Waals surface area (Å²) in [5.74, 6) is 0.119. The third kappa shape index (κ3) is 4.53. The molecule has 3 nitrogen and oxygen atoms in total. The fraction of sp³-hybridized carbons (Fsp3) is 0.278. The lowest BCUT2D eigenvalue weighted by Crippen LogP contribution is -2.34. The van der Waals surface area contributed by atoms with E-state index < -0.39 is 5.97 Å². The van der Waals surface area contributed by atoms with Crippen molar-refractivity contribution in [3.05, 3.63) is 68.7 Å². The number of nitrogens with zero attached hydrogens (tertiary/aromatic N) is 1. The maximum absolute atomic E-state index is 11.6. The number of carboxylic acids is 1. The predicted octanol–water partition coefficient (Wildman–Crippen LogP) is 4.84. The third-order valence-electron chi connectivity index (χ3n) is 3.71. The van der Waals surface area contributed by atoms with E-state index in [0.29, 0.717) is 5.57 Å². The summed E-state index contributed by atoms with van der Waals surface area (Å²) in [5.41, 5.74) is 0.468. The van der Waals surface area contributed by atoms with Crippen molar-refractivity contribution in [1.82, 2.24) is 4.90 Å². The first-order valence-electron chi connectivity index (χ1n) is 7.78. The molecule has 2 aromatic heterocycles. The summed E-state index contributed by atoms with van der Waals surface area (Å²) in [6, 6.07) is 8.36. The molecule has 1 atom stereocenters. The number of aliphatic carboxylic acids is 1. The Bertz CT molecular complexity index is 705. The molecule has 1 unspecified atom stereocenters. The average molecular weight is 378 g/mol. The zero-order valence-corrected chi connectivity index (χ0v) is 15.6. The predicted molar refractivity (Wildman–Crippen MR) is 104 cm³/mol. The van der Waals surface area contributed by atoms with Crippen molar-refractivity contribution in [2.24, 2.45) is 0 Å². The molecule has 24 heavy (non-hydrogen) atoms. The molecular weight excluding hydrogens is 358 g/mol. The number of carboxylic acid groups (broad SMARTS) is 1. The highest BCUT2D eigenvalue weighted by Crippen LogP contribution is 2.30. The highest BCUT2D eigenvalue weighted by Gasteiger charge is 2.27. The largest absolute Gasteiger partial charge is 0.478 e. The van der Waals surface area contributed by atoms with Crippen LogP contribution in [-0.2, 0) is 17.8 Å². The second-order valence-electron chi connectivity index (χ2n) is 5.43. The molecule has 0 spiro atoms. The van der Waals surface area contributed by atoms with Crippen LogP contribution in [0.2, 0.25) is 0 Å². The summed E-state index contributed by atoms with van der Waals surface area (Å²) < 4.78 is 0. The van der Waals surface area contributed by atoms with Gasteiger partial charge in [-0.1, -0.05) is 12.1 Å². The van der Waals surface area contributed by atoms with Crippen LogP contribution >= 0.6 is 34.4 Å². The fourth-order valence-corrected chi connectivity index (χ4v) is 5.27. The second-order valence-corrected chi connectivity index (χ2v) is 8.68. The zero-order valence-electron chi connectivity index (χ0n) is 13.1. The van der Waals surface area contributed by atoms with Crippen LogP contribution in [0.3, 0.4) is 0 Å². The van der Waals surface area contributed by atoms with Crippen molar-refractivity contribution < 1.29 is 9.90 Å². The molecule has 0 saturated heterocycles. The molecule has 0 saturated carbocycles. The number of aryl methyl sites for hydroxylation is 1. The fourth-order valence-electron chi connectivity index (χ4n) is 2.57. The lowest BCUT2D eigenvalue weighted by atomic mass is 10.2. The van der Waals surface area contributed by atoms with Crippen LogP contribution in [0.4, 0.5) is 0 Å². The van der Waals surface area contributed by atoms with Gasteiger partial charge in [0.25, 0.3) is 0 Å². The van der Waals surface area contributed by atoms with Gasteiger partial charge in [0.1, 0.15) is 5.37 Å². The Labute approximate surface area is 154 Å². The summed E-state index contributed by atoms with van der Waals surface area (Å²) in [6.45, 7) is 0.751. The minimum Gasteiger partial charge on any atom is -0.478 e. The van der Waals surface area contributed by atoms with Gasteiger partial charge in [0.05, 0.1) is 12.1 Å². The van der Waals surface area contributed by atoms with Crippen molar-refractivity contribution in [1.29, 1.82) is 0 Å². The van der Waals surface area contributed by atoms with Crippen LogP contribution in [0, 0.1) is 0 Å². The minimum atomic E-state index is -0.828. The van der Waals surface area contributed by atoms with Gasteiger partial charge in [-0.25, -0.2) is 4.79 Å². The Balaban J connectivity index is 1.61. The summed E-state index contributed by atoms with van der Waals surface area (Å²) in [4.78, 5) is 16.4. The summed E-state index contributed by atoms with van der Waals surface area (Å²) in [6.07, 6.45) is 7.68. The van der Waals surface area contributed by atoms with Crippen LogP contribution in [0.25, 0.3) is 0 Å². The van der Waals surface area contributed by atoms with Crippen LogP contribution < -0.4 is 0 Å². The molecule has 2 aromatic rings. The van der Waals surface area contributed by atoms with Crippen LogP contribution in [0.5, 0.6) is 0 Å². The zero-order chi connectivity index (χ0) is 16.8. The number of hydrogen-bond donors (Lipinski definition) is 1. The van der Waals surface area contributed by atoms with Gasteiger partial charge in [-0.3, -0.25) is 0 Å². The number of rotatable bonds is 8. The Morgan fingerprint density at radius 3 is 2.62 bits per heavy atom. The molecule has 3 rings (SSSR count). The molecule has 0 aliphatic carbocycles. The first-order valence-corrected chi connectivity index (χ1v) is 10.6. The first kappa shape index (κ1) is 17.3. The first-order chi connectivity index (χ1) is 11.7. The molecule has 3 heterocycles. The Hall–Kier alpha value is -1.50. The Morgan fingerprint density at radius 2 is 1.96 bits per heavy atom. The summed E-state index contributed by atoms with van der Waals surface area (Å²) >= 11 is 5.21. The van der Waals surface area contributed by atoms with Crippen molar-refractivity contribution in [3.63, 3.8) is 0 Å². The molecule has 0 amide bonds. The van der Waals surface area contributed by atoms with Crippen molar-refractivity contribution in [3.8, 4) is 0 Å². The monoisotopic (exact) mass is 377 g/mol. The van der Waals surface area contributed by atoms with E-state index in [1.165, 1.54) is 9.75 Å². The number of thioether (sulfide) groups is 1. The van der Waals surface area contributed by atoms with Crippen LogP contribution in [0.1, 0.15) is 16.2 Å². The average Bonchev–Trinajstić information content (AvgIpc) is 3.26. The van der Waals surface area contributed by atoms with Gasteiger partial charge in [0, 0.05) is 16.0 Å². The van der Waals surface area contributed by atoms with E-state index in [1.54, 1.807) is 40.5 Å². The highest BCUT2D eigenvalue weighted by atomic mass is 32.2. The molecule has 0 radical (unpaired) electrons. The van der Waals surface area contributed by atoms with E-state index in [1.807, 2.05) is 18.3 Å². The third-order valence-corrected chi connectivity index (χ3v) is 6.87. The standard InChI is InChI=1S/C18H19NO2S3/c20-18(21)16-8-1-9-19(13-15-7-4-11-23-15)17(16)24-12-3-6-14-5-2-10-22-14/h1-2,4-5,7-11,17H,3,6,12-13H2,(H,20,21). The van der Waals surface area contributed by atoms with Gasteiger partial charge in [-0.2, -0.15) is 0 Å². The highest BCUT2D eigenvalue weighted by molar-refractivity contribution is 8.00. The van der Waals surface area contributed by atoms with E-state index in [0.717, 1.165) is 25.1 Å². The smallest absolute Gasteiger partial charge is 0.334 e. The second kappa shape index (κ2) is 8.55. The van der Waals surface area contributed by atoms with E-state index in [-0.39, 0.29) is 5.37 Å². The molecule has 0 aromatic carbocycles. The quantitative estimate of drug-likeness (QED) is 0.668. The molecule has 0 bridgehead atoms. The maximum Gasteiger partial charge on any atom is 0.334 e. The van der Waals surface area contributed by atoms with Gasteiger partial charge in [-0.15, -0.1) is 34.4 Å². The SMILES string of the molecule is O=C(O)C1=CC=CN(Cc2cccs2)C1SCCCc1cccs1. The molecule has 6 heteroatoms. The van der Waals surface area contributed by atoms with Gasteiger partial charge in [-0.05, 0) is 53.6 Å². The number of allylic oxidation sites excluding steroid dienone is 2. The van der Waals surface area contributed by atoms with Crippen molar-refractivity contribution in [2.75, 3.05) is 5.75 Å². The summed E-state index contributed by atoms with van der Waals surface area (Å²) in [5, 5.41) is 13.5. The van der Waals surface area contributed by atoms with E-state index >= 15 is 0 Å². The van der Waals surface area contributed by atoms with Crippen molar-refractivity contribution >= 4 is 40.4 Å². The number of hydrogen-bond acceptors (Lipinski definition) is 5. The molecule has 1 N–H and O–H groups in total. The molecule has 126 valence electrons. The van der Waals surface area contributed by atoms with Crippen LogP contribution in [0.15, 0.2) is 59.0 Å². The van der Waals surface area contributed by atoms with Crippen LogP contribution in [-0.4, -0.2) is 27.1 Å². The normalized spacial score (nSPS) is 17.1. The lowest BCUT2D eigenvalue weighted by Gasteiger charge is -2.32. The maximum atomic E-state index is 11.6. The molecular formula is C18H19NO2S3. The van der Waals surface area contributed by atoms with Crippen molar-refractivity contribution in [2.45, 2.75) is 24.8 Å². The Morgan fingerprint density at radius 1 is 1.21 bits per heavy atom. The number of carbonyl (C=O) groups is 1. The van der Waals surface area contributed by atoms with Gasteiger partial charge in [0.2, 0.25) is 0 Å². The molecule has 1 aliphatic rings. The van der Waals surface area contributed by atoms with E-state index in [9.17, 15) is 9.90 Å².